The zero-order valence-electron chi connectivity index (χ0n) is 11.9. The molecule has 0 aromatic heterocycles. The van der Waals surface area contributed by atoms with Crippen LogP contribution in [0.25, 0.3) is 0 Å². The summed E-state index contributed by atoms with van der Waals surface area (Å²) < 4.78 is 70.3. The van der Waals surface area contributed by atoms with Gasteiger partial charge in [0.2, 0.25) is 0 Å². The number of para-hydroxylation sites is 2. The number of amidine groups is 1. The predicted octanol–water partition coefficient (Wildman–Crippen LogP) is 5.00. The number of halogens is 6. The quantitative estimate of drug-likeness (QED) is 0.359. The van der Waals surface area contributed by atoms with Gasteiger partial charge in [-0.25, -0.2) is 13.8 Å². The highest BCUT2D eigenvalue weighted by molar-refractivity contribution is 6.28. The van der Waals surface area contributed by atoms with E-state index in [4.69, 9.17) is 22.1 Å². The fourth-order valence-corrected chi connectivity index (χ4v) is 1.81. The van der Waals surface area contributed by atoms with Crippen LogP contribution < -0.4 is 10.5 Å². The molecule has 0 spiro atoms. The number of nitrogens with two attached hydrogens (primary N) is 1. The van der Waals surface area contributed by atoms with E-state index in [2.05, 4.69) is 4.99 Å². The largest absolute Gasteiger partial charge is 0.449 e. The highest BCUT2D eigenvalue weighted by Gasteiger charge is 2.33. The molecule has 24 heavy (non-hydrogen) atoms. The third kappa shape index (κ3) is 4.14. The molecule has 2 aromatic rings. The number of benzene rings is 2. The molecule has 2 aromatic carbocycles. The Morgan fingerprint density at radius 1 is 1.12 bits per heavy atom. The molecule has 0 unspecified atom stereocenters. The van der Waals surface area contributed by atoms with Crippen molar-refractivity contribution in [3.8, 4) is 11.5 Å². The highest BCUT2D eigenvalue weighted by Crippen LogP contribution is 2.37. The van der Waals surface area contributed by atoms with E-state index in [0.717, 1.165) is 0 Å². The van der Waals surface area contributed by atoms with Gasteiger partial charge in [-0.1, -0.05) is 12.1 Å². The summed E-state index contributed by atoms with van der Waals surface area (Å²) in [5, 5.41) is 0. The lowest BCUT2D eigenvalue weighted by molar-refractivity contribution is -0.138. The van der Waals surface area contributed by atoms with Crippen LogP contribution in [0.2, 0.25) is 0 Å². The van der Waals surface area contributed by atoms with E-state index in [1.165, 1.54) is 18.2 Å². The summed E-state index contributed by atoms with van der Waals surface area (Å²) in [6.07, 6.45) is -4.88. The Labute approximate surface area is 138 Å². The van der Waals surface area contributed by atoms with Crippen LogP contribution in [0, 0.1) is 11.6 Å². The van der Waals surface area contributed by atoms with Crippen molar-refractivity contribution < 1.29 is 26.7 Å². The normalized spacial score (nSPS) is 12.3. The van der Waals surface area contributed by atoms with Crippen LogP contribution in [0.15, 0.2) is 41.4 Å². The third-order valence-corrected chi connectivity index (χ3v) is 3.08. The van der Waals surface area contributed by atoms with E-state index >= 15 is 0 Å². The number of rotatable bonds is 4. The van der Waals surface area contributed by atoms with Crippen molar-refractivity contribution in [1.29, 1.82) is 0 Å². The summed E-state index contributed by atoms with van der Waals surface area (Å²) >= 11 is 5.50. The summed E-state index contributed by atoms with van der Waals surface area (Å²) in [7, 11) is 0. The number of ether oxygens (including phenoxy) is 1. The molecule has 0 saturated carbocycles. The molecule has 128 valence electrons. The number of hydrogen-bond acceptors (Lipinski definition) is 2. The highest BCUT2D eigenvalue weighted by atomic mass is 35.5. The molecule has 0 aliphatic rings. The maximum absolute atomic E-state index is 13.8. The Bertz CT molecular complexity index is 754. The van der Waals surface area contributed by atoms with Crippen LogP contribution in [0.4, 0.5) is 27.6 Å². The summed E-state index contributed by atoms with van der Waals surface area (Å²) in [5.74, 6) is -4.12. The molecule has 0 radical (unpaired) electrons. The van der Waals surface area contributed by atoms with E-state index in [-0.39, 0.29) is 35.3 Å². The van der Waals surface area contributed by atoms with Gasteiger partial charge in [0.25, 0.3) is 0 Å². The van der Waals surface area contributed by atoms with Gasteiger partial charge in [-0.05, 0) is 24.3 Å². The van der Waals surface area contributed by atoms with Crippen LogP contribution in [0.5, 0.6) is 11.5 Å². The molecule has 9 heteroatoms. The summed E-state index contributed by atoms with van der Waals surface area (Å²) in [4.78, 5) is 3.90. The van der Waals surface area contributed by atoms with Gasteiger partial charge in [-0.15, -0.1) is 11.6 Å². The first-order valence-electron chi connectivity index (χ1n) is 6.44. The first kappa shape index (κ1) is 18.0. The van der Waals surface area contributed by atoms with Gasteiger partial charge < -0.3 is 10.5 Å². The van der Waals surface area contributed by atoms with Crippen LogP contribution in [-0.2, 0) is 6.18 Å². The predicted molar refractivity (Wildman–Crippen MR) is 79.9 cm³/mol. The minimum atomic E-state index is -4.88. The van der Waals surface area contributed by atoms with Crippen molar-refractivity contribution in [2.24, 2.45) is 10.7 Å². The Morgan fingerprint density at radius 2 is 1.71 bits per heavy atom. The molecule has 0 aliphatic carbocycles. The summed E-state index contributed by atoms with van der Waals surface area (Å²) in [5.41, 5.74) is 4.15. The second-order valence-corrected chi connectivity index (χ2v) is 4.84. The Balaban J connectivity index is 2.43. The van der Waals surface area contributed by atoms with Gasteiger partial charge >= 0.3 is 6.18 Å². The standard InChI is InChI=1S/C15H10ClF5N2O/c16-7-13(22)23-11-3-1-2-4-12(11)24-14-9(17)5-8(6-10(14)18)15(19,20)21/h1-6H,7H2,(H2,22,23). The van der Waals surface area contributed by atoms with E-state index in [0.29, 0.717) is 0 Å². The average Bonchev–Trinajstić information content (AvgIpc) is 2.51. The fourth-order valence-electron chi connectivity index (χ4n) is 1.75. The van der Waals surface area contributed by atoms with Crippen molar-refractivity contribution >= 4 is 23.1 Å². The smallest absolute Gasteiger partial charge is 0.416 e. The SMILES string of the molecule is NC(CCl)=Nc1ccccc1Oc1c(F)cc(C(F)(F)F)cc1F. The molecule has 0 amide bonds. The van der Waals surface area contributed by atoms with Gasteiger partial charge in [0.1, 0.15) is 11.5 Å². The molecule has 2 N–H and O–H groups in total. The average molecular weight is 365 g/mol. The lowest BCUT2D eigenvalue weighted by atomic mass is 10.2. The van der Waals surface area contributed by atoms with Gasteiger partial charge in [0.15, 0.2) is 23.1 Å². The topological polar surface area (TPSA) is 47.6 Å². The second kappa shape index (κ2) is 7.04. The third-order valence-electron chi connectivity index (χ3n) is 2.80. The molecular weight excluding hydrogens is 355 g/mol. The fraction of sp³-hybridized carbons (Fsp3) is 0.133. The molecule has 0 heterocycles. The molecule has 0 aliphatic heterocycles. The molecule has 3 nitrogen and oxygen atoms in total. The zero-order chi connectivity index (χ0) is 17.9. The van der Waals surface area contributed by atoms with E-state index in [9.17, 15) is 22.0 Å². The van der Waals surface area contributed by atoms with E-state index in [1.807, 2.05) is 0 Å². The Kier molecular flexibility index (Phi) is 5.28. The number of nitrogens with zero attached hydrogens (tertiary/aromatic N) is 1. The Hall–Kier alpha value is -2.35. The molecule has 0 fully saturated rings. The molecule has 2 rings (SSSR count). The molecule has 0 atom stereocenters. The number of alkyl halides is 4. The van der Waals surface area contributed by atoms with Gasteiger partial charge in [-0.2, -0.15) is 13.2 Å². The molecular formula is C15H10ClF5N2O. The van der Waals surface area contributed by atoms with Crippen LogP contribution >= 0.6 is 11.6 Å². The zero-order valence-corrected chi connectivity index (χ0v) is 12.6. The van der Waals surface area contributed by atoms with E-state index in [1.54, 1.807) is 6.07 Å². The number of hydrogen-bond donors (Lipinski definition) is 1. The lowest BCUT2D eigenvalue weighted by Crippen LogP contribution is -2.12. The molecule has 0 saturated heterocycles. The van der Waals surface area contributed by atoms with Gasteiger partial charge in [0, 0.05) is 0 Å². The molecule has 0 bridgehead atoms. The minimum Gasteiger partial charge on any atom is -0.449 e. The lowest BCUT2D eigenvalue weighted by Gasteiger charge is -2.13. The van der Waals surface area contributed by atoms with Crippen molar-refractivity contribution in [2.75, 3.05) is 5.88 Å². The van der Waals surface area contributed by atoms with Crippen molar-refractivity contribution in [2.45, 2.75) is 6.18 Å². The maximum Gasteiger partial charge on any atom is 0.416 e. The van der Waals surface area contributed by atoms with Crippen LogP contribution in [0.3, 0.4) is 0 Å². The maximum atomic E-state index is 13.8. The Morgan fingerprint density at radius 3 is 2.25 bits per heavy atom. The number of aliphatic imine (C=N–C) groups is 1. The van der Waals surface area contributed by atoms with Crippen molar-refractivity contribution in [3.05, 3.63) is 53.6 Å². The summed E-state index contributed by atoms with van der Waals surface area (Å²) in [6.45, 7) is 0. The summed E-state index contributed by atoms with van der Waals surface area (Å²) in [6, 6.07) is 6.12. The first-order chi connectivity index (χ1) is 11.2. The van der Waals surface area contributed by atoms with Gasteiger partial charge in [0.05, 0.1) is 11.4 Å². The second-order valence-electron chi connectivity index (χ2n) is 4.57. The monoisotopic (exact) mass is 364 g/mol. The van der Waals surface area contributed by atoms with Crippen LogP contribution in [0.1, 0.15) is 5.56 Å². The minimum absolute atomic E-state index is 0.0288. The first-order valence-corrected chi connectivity index (χ1v) is 6.98. The van der Waals surface area contributed by atoms with Crippen LogP contribution in [-0.4, -0.2) is 11.7 Å². The van der Waals surface area contributed by atoms with Gasteiger partial charge in [-0.3, -0.25) is 0 Å². The van der Waals surface area contributed by atoms with Crippen molar-refractivity contribution in [3.63, 3.8) is 0 Å². The van der Waals surface area contributed by atoms with Crippen molar-refractivity contribution in [1.82, 2.24) is 0 Å². The van der Waals surface area contributed by atoms with E-state index < -0.39 is 29.1 Å².